The van der Waals surface area contributed by atoms with E-state index in [0.717, 1.165) is 32.4 Å². The molecule has 1 atom stereocenters. The molecule has 0 spiro atoms. The number of halogens is 2. The van der Waals surface area contributed by atoms with E-state index >= 15 is 0 Å². The maximum atomic E-state index is 8.82. The molecule has 1 unspecified atom stereocenters. The molecule has 2 nitrogen and oxygen atoms in total. The molecule has 7 rings (SSSR count). The van der Waals surface area contributed by atoms with Crippen LogP contribution in [-0.4, -0.2) is 30.1 Å². The third kappa shape index (κ3) is 6.85. The van der Waals surface area contributed by atoms with Crippen LogP contribution in [-0.2, 0) is 0 Å². The summed E-state index contributed by atoms with van der Waals surface area (Å²) in [6, 6.07) is 20.5. The van der Waals surface area contributed by atoms with Gasteiger partial charge in [-0.1, -0.05) is 0 Å². The molecule has 0 N–H and O–H groups in total. The summed E-state index contributed by atoms with van der Waals surface area (Å²) >= 11 is 17.6. The fourth-order valence-corrected chi connectivity index (χ4v) is 20.4. The van der Waals surface area contributed by atoms with Crippen molar-refractivity contribution in [3.8, 4) is 0 Å². The Morgan fingerprint density at radius 2 is 1.04 bits per heavy atom. The molecular weight excluding hydrogens is 682 g/mol. The second-order valence-corrected chi connectivity index (χ2v) is 26.0. The number of benzene rings is 3. The summed E-state index contributed by atoms with van der Waals surface area (Å²) in [6.45, 7) is 15.6. The number of aryl methyl sites for hydroxylation is 6. The van der Waals surface area contributed by atoms with Crippen LogP contribution in [0.25, 0.3) is 6.08 Å². The fraction of sp³-hybridized carbons (Fsp3) is 0.522. The Kier molecular flexibility index (Phi) is 10.8. The van der Waals surface area contributed by atoms with E-state index < -0.39 is 5.31 Å². The van der Waals surface area contributed by atoms with Crippen molar-refractivity contribution in [3.05, 3.63) is 111 Å². The predicted molar refractivity (Wildman–Crippen MR) is 227 cm³/mol. The summed E-state index contributed by atoms with van der Waals surface area (Å²) in [5.41, 5.74) is 15.9. The molecule has 3 saturated carbocycles. The van der Waals surface area contributed by atoms with Gasteiger partial charge in [0, 0.05) is 0 Å². The summed E-state index contributed by atoms with van der Waals surface area (Å²) < 4.78 is 0. The fourth-order valence-electron chi connectivity index (χ4n) is 11.1. The van der Waals surface area contributed by atoms with Crippen molar-refractivity contribution in [1.82, 2.24) is 0 Å². The average Bonchev–Trinajstić information content (AvgIpc) is 3.52. The molecule has 3 aliphatic carbocycles. The Labute approximate surface area is 319 Å². The Balaban J connectivity index is 1.57. The molecule has 3 aromatic rings. The standard InChI is InChI=1S/C46H61Cl2N2P/c1-32-27-34(3)44(35(4)28-32)49-25-26-50(45-36(5)29-33(2)30-37(45)6)46(49)43-39(31-38-17-10-7-11-18-38)19-16-24-42(43)51(47,48,40-20-12-8-13-21-40)41-22-14-9-15-23-41/h7,10-11,17-18,27-31,40-42H,8-9,12-16,19-26H2,1-6H3. The number of allylic oxidation sites excluding steroid dienone is 2. The monoisotopic (exact) mass is 742 g/mol. The van der Waals surface area contributed by atoms with Gasteiger partial charge in [0.15, 0.2) is 0 Å². The molecule has 1 saturated heterocycles. The molecular formula is C46H61Cl2N2P. The summed E-state index contributed by atoms with van der Waals surface area (Å²) in [6.07, 6.45) is 18.3. The summed E-state index contributed by atoms with van der Waals surface area (Å²) in [5, 5.41) is -3.41. The van der Waals surface area contributed by atoms with Crippen LogP contribution < -0.4 is 9.80 Å². The topological polar surface area (TPSA) is 6.48 Å². The Morgan fingerprint density at radius 3 is 1.49 bits per heavy atom. The molecule has 5 heteroatoms. The van der Waals surface area contributed by atoms with Gasteiger partial charge in [0.25, 0.3) is 0 Å². The van der Waals surface area contributed by atoms with E-state index in [9.17, 15) is 0 Å². The Morgan fingerprint density at radius 1 is 0.588 bits per heavy atom. The van der Waals surface area contributed by atoms with Gasteiger partial charge in [-0.15, -0.1) is 0 Å². The number of rotatable bonds is 6. The first-order valence-corrected chi connectivity index (χ1v) is 24.4. The van der Waals surface area contributed by atoms with Gasteiger partial charge < -0.3 is 0 Å². The van der Waals surface area contributed by atoms with Crippen molar-refractivity contribution in [3.63, 3.8) is 0 Å². The minimum absolute atomic E-state index is 0.157. The third-order valence-electron chi connectivity index (χ3n) is 13.0. The second kappa shape index (κ2) is 14.9. The zero-order valence-corrected chi connectivity index (χ0v) is 34.6. The van der Waals surface area contributed by atoms with Gasteiger partial charge in [-0.05, 0) is 0 Å². The van der Waals surface area contributed by atoms with Gasteiger partial charge >= 0.3 is 321 Å². The first-order valence-electron chi connectivity index (χ1n) is 20.1. The molecule has 4 aliphatic rings. The van der Waals surface area contributed by atoms with E-state index in [1.165, 1.54) is 131 Å². The Bertz CT molecular complexity index is 1680. The SMILES string of the molecule is Cc1cc(C)c(N2CCN(c3c(C)cc(C)cc3C)C2=C2C(=Cc3ccccc3)CCCC2P(Cl)(Cl)(C2CCCCC2)C2CCCCC2)c(C)c1. The van der Waals surface area contributed by atoms with Gasteiger partial charge in [-0.2, -0.15) is 0 Å². The molecule has 1 aliphatic heterocycles. The number of hydrogen-bond donors (Lipinski definition) is 0. The normalized spacial score (nSPS) is 22.9. The van der Waals surface area contributed by atoms with Crippen LogP contribution in [0.4, 0.5) is 11.4 Å². The zero-order valence-electron chi connectivity index (χ0n) is 32.2. The molecule has 51 heavy (non-hydrogen) atoms. The van der Waals surface area contributed by atoms with Gasteiger partial charge in [0.05, 0.1) is 0 Å². The summed E-state index contributed by atoms with van der Waals surface area (Å²) in [5.74, 6) is 1.36. The van der Waals surface area contributed by atoms with E-state index in [4.69, 9.17) is 22.5 Å². The number of anilines is 2. The van der Waals surface area contributed by atoms with E-state index in [0.29, 0.717) is 11.3 Å². The molecule has 1 heterocycles. The quantitative estimate of drug-likeness (QED) is 0.232. The van der Waals surface area contributed by atoms with Crippen molar-refractivity contribution >= 4 is 45.2 Å². The van der Waals surface area contributed by atoms with E-state index in [1.807, 2.05) is 0 Å². The van der Waals surface area contributed by atoms with Crippen molar-refractivity contribution in [2.24, 2.45) is 0 Å². The average molecular weight is 744 g/mol. The number of nitrogens with zero attached hydrogens (tertiary/aromatic N) is 2. The second-order valence-electron chi connectivity index (χ2n) is 16.7. The minimum atomic E-state index is -3.41. The van der Waals surface area contributed by atoms with Crippen molar-refractivity contribution in [2.75, 3.05) is 22.9 Å². The van der Waals surface area contributed by atoms with Crippen LogP contribution in [0.1, 0.15) is 122 Å². The van der Waals surface area contributed by atoms with E-state index in [-0.39, 0.29) is 5.66 Å². The molecule has 0 bridgehead atoms. The maximum absolute atomic E-state index is 8.82. The van der Waals surface area contributed by atoms with Gasteiger partial charge in [0.1, 0.15) is 0 Å². The summed E-state index contributed by atoms with van der Waals surface area (Å²) in [4.78, 5) is 5.42. The summed E-state index contributed by atoms with van der Waals surface area (Å²) in [7, 11) is 0. The molecule has 0 amide bonds. The molecule has 274 valence electrons. The third-order valence-corrected chi connectivity index (χ3v) is 23.3. The van der Waals surface area contributed by atoms with Crippen LogP contribution in [0.3, 0.4) is 0 Å². The van der Waals surface area contributed by atoms with Crippen molar-refractivity contribution < 1.29 is 0 Å². The van der Waals surface area contributed by atoms with Gasteiger partial charge in [-0.3, -0.25) is 0 Å². The molecule has 4 fully saturated rings. The predicted octanol–water partition coefficient (Wildman–Crippen LogP) is 14.2. The molecule has 3 aromatic carbocycles. The van der Waals surface area contributed by atoms with Crippen molar-refractivity contribution in [1.29, 1.82) is 0 Å². The number of hydrogen-bond acceptors (Lipinski definition) is 2. The van der Waals surface area contributed by atoms with Crippen LogP contribution in [0.5, 0.6) is 0 Å². The van der Waals surface area contributed by atoms with Crippen LogP contribution >= 0.6 is 27.8 Å². The van der Waals surface area contributed by atoms with Crippen LogP contribution in [0, 0.1) is 41.5 Å². The van der Waals surface area contributed by atoms with Crippen molar-refractivity contribution in [2.45, 2.75) is 142 Å². The van der Waals surface area contributed by atoms with E-state index in [1.54, 1.807) is 0 Å². The molecule has 0 radical (unpaired) electrons. The first-order chi connectivity index (χ1) is 24.5. The van der Waals surface area contributed by atoms with Gasteiger partial charge in [-0.25, -0.2) is 0 Å². The van der Waals surface area contributed by atoms with Crippen LogP contribution in [0.15, 0.2) is 71.6 Å². The zero-order chi connectivity index (χ0) is 35.9. The van der Waals surface area contributed by atoms with Crippen LogP contribution in [0.2, 0.25) is 0 Å². The van der Waals surface area contributed by atoms with E-state index in [2.05, 4.69) is 112 Å². The first kappa shape index (κ1) is 37.1. The molecule has 0 aromatic heterocycles. The Hall–Kier alpha value is -2.25. The van der Waals surface area contributed by atoms with Gasteiger partial charge in [0.2, 0.25) is 0 Å².